The van der Waals surface area contributed by atoms with E-state index in [1.54, 1.807) is 14.1 Å². The zero-order valence-corrected chi connectivity index (χ0v) is 11.4. The zero-order valence-electron chi connectivity index (χ0n) is 11.4. The third-order valence-electron chi connectivity index (χ3n) is 3.15. The van der Waals surface area contributed by atoms with Crippen LogP contribution in [0.3, 0.4) is 0 Å². The molecule has 3 nitrogen and oxygen atoms in total. The molecule has 0 bridgehead atoms. The van der Waals surface area contributed by atoms with Crippen molar-refractivity contribution in [2.24, 2.45) is 5.92 Å². The summed E-state index contributed by atoms with van der Waals surface area (Å²) in [5.41, 5.74) is 0. The number of rotatable bonds is 5. The van der Waals surface area contributed by atoms with Gasteiger partial charge >= 0.3 is 6.18 Å². The predicted molar refractivity (Wildman–Crippen MR) is 67.7 cm³/mol. The highest BCUT2D eigenvalue weighted by molar-refractivity contribution is 5.77. The molecule has 0 radical (unpaired) electrons. The maximum absolute atomic E-state index is 12.5. The Labute approximate surface area is 112 Å². The van der Waals surface area contributed by atoms with E-state index in [0.717, 1.165) is 19.3 Å². The van der Waals surface area contributed by atoms with E-state index in [9.17, 15) is 18.0 Å². The van der Waals surface area contributed by atoms with Gasteiger partial charge in [0.05, 0.1) is 13.1 Å². The fourth-order valence-corrected chi connectivity index (χ4v) is 2.16. The van der Waals surface area contributed by atoms with E-state index in [1.165, 1.54) is 9.80 Å². The first-order chi connectivity index (χ1) is 8.78. The minimum atomic E-state index is -4.27. The first-order valence-corrected chi connectivity index (χ1v) is 6.42. The first kappa shape index (κ1) is 16.0. The van der Waals surface area contributed by atoms with E-state index in [4.69, 9.17) is 0 Å². The van der Waals surface area contributed by atoms with E-state index in [1.807, 2.05) is 6.08 Å². The number of alkyl halides is 3. The van der Waals surface area contributed by atoms with E-state index in [2.05, 4.69) is 6.08 Å². The molecule has 1 rings (SSSR count). The van der Waals surface area contributed by atoms with Gasteiger partial charge in [-0.15, -0.1) is 0 Å². The Kier molecular flexibility index (Phi) is 5.85. The van der Waals surface area contributed by atoms with Crippen molar-refractivity contribution in [2.45, 2.75) is 25.4 Å². The van der Waals surface area contributed by atoms with Crippen molar-refractivity contribution < 1.29 is 18.0 Å². The summed E-state index contributed by atoms with van der Waals surface area (Å²) >= 11 is 0. The Bertz CT molecular complexity index is 326. The van der Waals surface area contributed by atoms with Crippen LogP contribution in [0.1, 0.15) is 19.3 Å². The van der Waals surface area contributed by atoms with Crippen molar-refractivity contribution in [2.75, 3.05) is 33.7 Å². The average Bonchev–Trinajstić information content (AvgIpc) is 2.27. The SMILES string of the molecule is CN(C)C(=O)CN(CC1CC=CCC1)CC(F)(F)F. The molecule has 1 atom stereocenters. The molecule has 1 unspecified atom stereocenters. The van der Waals surface area contributed by atoms with Gasteiger partial charge in [-0.25, -0.2) is 0 Å². The standard InChI is InChI=1S/C13H21F3N2O/c1-17(2)12(19)9-18(10-13(14,15)16)8-11-6-4-3-5-7-11/h3-4,11H,5-10H2,1-2H3. The summed E-state index contributed by atoms with van der Waals surface area (Å²) in [5.74, 6) is -0.0853. The molecule has 0 saturated carbocycles. The lowest BCUT2D eigenvalue weighted by Crippen LogP contribution is -2.43. The highest BCUT2D eigenvalue weighted by Crippen LogP contribution is 2.22. The largest absolute Gasteiger partial charge is 0.401 e. The van der Waals surface area contributed by atoms with Gasteiger partial charge < -0.3 is 4.90 Å². The van der Waals surface area contributed by atoms with Gasteiger partial charge in [0.1, 0.15) is 0 Å². The number of nitrogens with zero attached hydrogens (tertiary/aromatic N) is 2. The Hall–Kier alpha value is -1.04. The molecule has 6 heteroatoms. The monoisotopic (exact) mass is 278 g/mol. The molecule has 1 amide bonds. The summed E-state index contributed by atoms with van der Waals surface area (Å²) in [6.45, 7) is -0.872. The van der Waals surface area contributed by atoms with E-state index in [0.29, 0.717) is 6.54 Å². The second-order valence-electron chi connectivity index (χ2n) is 5.22. The number of allylic oxidation sites excluding steroid dienone is 2. The Morgan fingerprint density at radius 2 is 2.00 bits per heavy atom. The molecule has 110 valence electrons. The van der Waals surface area contributed by atoms with Crippen LogP contribution in [0.4, 0.5) is 13.2 Å². The molecule has 0 saturated heterocycles. The van der Waals surface area contributed by atoms with Crippen molar-refractivity contribution in [3.63, 3.8) is 0 Å². The molecule has 0 aliphatic heterocycles. The average molecular weight is 278 g/mol. The second kappa shape index (κ2) is 6.93. The summed E-state index contributed by atoms with van der Waals surface area (Å²) < 4.78 is 37.6. The van der Waals surface area contributed by atoms with Crippen LogP contribution >= 0.6 is 0 Å². The van der Waals surface area contributed by atoms with E-state index < -0.39 is 12.7 Å². The number of carbonyl (C=O) groups excluding carboxylic acids is 1. The highest BCUT2D eigenvalue weighted by atomic mass is 19.4. The van der Waals surface area contributed by atoms with Crippen LogP contribution in [-0.4, -0.2) is 55.6 Å². The molecule has 0 N–H and O–H groups in total. The van der Waals surface area contributed by atoms with Gasteiger partial charge in [0.2, 0.25) is 5.91 Å². The summed E-state index contributed by atoms with van der Waals surface area (Å²) in [6, 6.07) is 0. The molecule has 0 aromatic rings. The number of halogens is 3. The number of amides is 1. The smallest absolute Gasteiger partial charge is 0.348 e. The van der Waals surface area contributed by atoms with Crippen molar-refractivity contribution in [1.29, 1.82) is 0 Å². The molecule has 0 heterocycles. The number of hydrogen-bond donors (Lipinski definition) is 0. The highest BCUT2D eigenvalue weighted by Gasteiger charge is 2.32. The number of carbonyl (C=O) groups is 1. The fraction of sp³-hybridized carbons (Fsp3) is 0.769. The van der Waals surface area contributed by atoms with Crippen molar-refractivity contribution in [1.82, 2.24) is 9.80 Å². The molecule has 19 heavy (non-hydrogen) atoms. The summed E-state index contributed by atoms with van der Waals surface area (Å²) in [7, 11) is 3.11. The summed E-state index contributed by atoms with van der Waals surface area (Å²) in [6.07, 6.45) is 2.39. The lowest BCUT2D eigenvalue weighted by atomic mass is 9.94. The van der Waals surface area contributed by atoms with Crippen LogP contribution in [0.2, 0.25) is 0 Å². The molecule has 1 aliphatic carbocycles. The van der Waals surface area contributed by atoms with Crippen LogP contribution < -0.4 is 0 Å². The first-order valence-electron chi connectivity index (χ1n) is 6.42. The number of hydrogen-bond acceptors (Lipinski definition) is 2. The van der Waals surface area contributed by atoms with Crippen LogP contribution in [0.15, 0.2) is 12.2 Å². The predicted octanol–water partition coefficient (Wildman–Crippen LogP) is 2.30. The molecular formula is C13H21F3N2O. The van der Waals surface area contributed by atoms with Gasteiger partial charge in [0.25, 0.3) is 0 Å². The fourth-order valence-electron chi connectivity index (χ4n) is 2.16. The Morgan fingerprint density at radius 1 is 1.32 bits per heavy atom. The van der Waals surface area contributed by atoms with Crippen molar-refractivity contribution in [3.8, 4) is 0 Å². The molecular weight excluding hydrogens is 257 g/mol. The minimum Gasteiger partial charge on any atom is -0.348 e. The van der Waals surface area contributed by atoms with Gasteiger partial charge in [0.15, 0.2) is 0 Å². The maximum Gasteiger partial charge on any atom is 0.401 e. The quantitative estimate of drug-likeness (QED) is 0.720. The molecule has 0 aromatic carbocycles. The van der Waals surface area contributed by atoms with Crippen molar-refractivity contribution in [3.05, 3.63) is 12.2 Å². The third-order valence-corrected chi connectivity index (χ3v) is 3.15. The lowest BCUT2D eigenvalue weighted by Gasteiger charge is -2.29. The molecule has 0 aromatic heterocycles. The van der Waals surface area contributed by atoms with Gasteiger partial charge in [0, 0.05) is 20.6 Å². The Morgan fingerprint density at radius 3 is 2.47 bits per heavy atom. The minimum absolute atomic E-state index is 0.174. The summed E-state index contributed by atoms with van der Waals surface area (Å²) in [5, 5.41) is 0. The molecule has 1 aliphatic rings. The maximum atomic E-state index is 12.5. The van der Waals surface area contributed by atoms with Crippen LogP contribution in [0.25, 0.3) is 0 Å². The van der Waals surface area contributed by atoms with Crippen LogP contribution in [0.5, 0.6) is 0 Å². The van der Waals surface area contributed by atoms with E-state index >= 15 is 0 Å². The van der Waals surface area contributed by atoms with Crippen molar-refractivity contribution >= 4 is 5.91 Å². The summed E-state index contributed by atoms with van der Waals surface area (Å²) in [4.78, 5) is 14.1. The van der Waals surface area contributed by atoms with Gasteiger partial charge in [-0.05, 0) is 25.2 Å². The number of likely N-dealkylation sites (N-methyl/N-ethyl adjacent to an activating group) is 1. The second-order valence-corrected chi connectivity index (χ2v) is 5.22. The lowest BCUT2D eigenvalue weighted by molar-refractivity contribution is -0.152. The van der Waals surface area contributed by atoms with Gasteiger partial charge in [-0.1, -0.05) is 12.2 Å². The van der Waals surface area contributed by atoms with Gasteiger partial charge in [-0.3, -0.25) is 9.69 Å². The molecule has 0 spiro atoms. The Balaban J connectivity index is 2.57. The normalized spacial score (nSPS) is 19.8. The van der Waals surface area contributed by atoms with Gasteiger partial charge in [-0.2, -0.15) is 13.2 Å². The topological polar surface area (TPSA) is 23.6 Å². The van der Waals surface area contributed by atoms with Crippen LogP contribution in [-0.2, 0) is 4.79 Å². The third kappa shape index (κ3) is 6.61. The zero-order chi connectivity index (χ0) is 14.5. The molecule has 0 fully saturated rings. The van der Waals surface area contributed by atoms with Crippen LogP contribution in [0, 0.1) is 5.92 Å². The van der Waals surface area contributed by atoms with E-state index in [-0.39, 0.29) is 18.4 Å².